The molecule has 8 heteroatoms. The summed E-state index contributed by atoms with van der Waals surface area (Å²) in [5.41, 5.74) is 0. The maximum absolute atomic E-state index is 12.9. The number of sulfone groups is 1. The number of aliphatic carboxylic acids is 1. The number of carbonyl (C=O) groups excluding carboxylic acids is 1. The molecule has 1 saturated carbocycles. The molecular weight excluding hydrogens is 344 g/mol. The second-order valence-corrected chi connectivity index (χ2v) is 9.84. The van der Waals surface area contributed by atoms with E-state index in [2.05, 4.69) is 0 Å². The van der Waals surface area contributed by atoms with E-state index in [0.29, 0.717) is 25.3 Å². The number of amides is 1. The highest BCUT2D eigenvalue weighted by Crippen LogP contribution is 2.39. The van der Waals surface area contributed by atoms with Gasteiger partial charge in [-0.25, -0.2) is 8.42 Å². The zero-order chi connectivity index (χ0) is 18.2. The van der Waals surface area contributed by atoms with Crippen LogP contribution >= 0.6 is 0 Å². The van der Waals surface area contributed by atoms with E-state index in [9.17, 15) is 23.1 Å². The van der Waals surface area contributed by atoms with Crippen molar-refractivity contribution in [2.24, 2.45) is 5.92 Å². The van der Waals surface area contributed by atoms with Crippen LogP contribution in [0.15, 0.2) is 0 Å². The molecule has 1 N–H and O–H groups in total. The smallest absolute Gasteiger partial charge is 0.320 e. The van der Waals surface area contributed by atoms with Gasteiger partial charge in [-0.3, -0.25) is 14.5 Å². The first-order valence-electron chi connectivity index (χ1n) is 9.31. The summed E-state index contributed by atoms with van der Waals surface area (Å²) in [4.78, 5) is 28.1. The van der Waals surface area contributed by atoms with Crippen LogP contribution in [0.25, 0.3) is 0 Å². The lowest BCUT2D eigenvalue weighted by molar-refractivity contribution is -0.144. The van der Waals surface area contributed by atoms with Crippen molar-refractivity contribution in [1.29, 1.82) is 0 Å². The number of likely N-dealkylation sites (N-methyl/N-ethyl adjacent to an activating group) is 1. The van der Waals surface area contributed by atoms with Crippen molar-refractivity contribution < 1.29 is 23.1 Å². The molecule has 4 atom stereocenters. The normalized spacial score (nSPS) is 34.6. The summed E-state index contributed by atoms with van der Waals surface area (Å²) in [5, 5.41) is 9.57. The summed E-state index contributed by atoms with van der Waals surface area (Å²) < 4.78 is 23.5. The van der Waals surface area contributed by atoms with Crippen molar-refractivity contribution in [3.63, 3.8) is 0 Å². The summed E-state index contributed by atoms with van der Waals surface area (Å²) in [6.07, 6.45) is 5.31. The van der Waals surface area contributed by atoms with Crippen LogP contribution in [0.2, 0.25) is 0 Å². The van der Waals surface area contributed by atoms with Crippen molar-refractivity contribution >= 4 is 21.7 Å². The van der Waals surface area contributed by atoms with E-state index in [4.69, 9.17) is 0 Å². The van der Waals surface area contributed by atoms with Gasteiger partial charge in [0.2, 0.25) is 5.91 Å². The van der Waals surface area contributed by atoms with E-state index < -0.39 is 21.8 Å². The monoisotopic (exact) mass is 372 g/mol. The molecule has 25 heavy (non-hydrogen) atoms. The molecule has 142 valence electrons. The van der Waals surface area contributed by atoms with Crippen molar-refractivity contribution in [1.82, 2.24) is 9.80 Å². The van der Waals surface area contributed by atoms with Crippen LogP contribution in [0.3, 0.4) is 0 Å². The van der Waals surface area contributed by atoms with Crippen molar-refractivity contribution in [3.05, 3.63) is 0 Å². The number of carboxylic acid groups (broad SMARTS) is 1. The Bertz CT molecular complexity index is 635. The average Bonchev–Trinajstić information content (AvgIpc) is 3.09. The van der Waals surface area contributed by atoms with Gasteiger partial charge in [0.25, 0.3) is 0 Å². The van der Waals surface area contributed by atoms with Gasteiger partial charge in [-0.2, -0.15) is 0 Å². The zero-order valence-electron chi connectivity index (χ0n) is 14.8. The van der Waals surface area contributed by atoms with Gasteiger partial charge in [-0.05, 0) is 38.5 Å². The Hall–Kier alpha value is -1.15. The molecule has 3 rings (SSSR count). The van der Waals surface area contributed by atoms with Crippen LogP contribution in [0, 0.1) is 5.92 Å². The predicted octanol–water partition coefficient (Wildman–Crippen LogP) is 0.740. The van der Waals surface area contributed by atoms with Gasteiger partial charge in [-0.1, -0.05) is 12.8 Å². The first kappa shape index (κ1) is 18.6. The summed E-state index contributed by atoms with van der Waals surface area (Å²) >= 11 is 0. The Morgan fingerprint density at radius 3 is 2.52 bits per heavy atom. The molecule has 3 aliphatic rings. The lowest BCUT2D eigenvalue weighted by Gasteiger charge is -2.35. The summed E-state index contributed by atoms with van der Waals surface area (Å²) in [6.45, 7) is 2.39. The third-order valence-corrected chi connectivity index (χ3v) is 7.88. The molecule has 0 radical (unpaired) electrons. The van der Waals surface area contributed by atoms with Gasteiger partial charge >= 0.3 is 5.97 Å². The Balaban J connectivity index is 1.72. The molecule has 7 nitrogen and oxygen atoms in total. The van der Waals surface area contributed by atoms with Crippen LogP contribution in [0.1, 0.15) is 45.4 Å². The number of hydrogen-bond acceptors (Lipinski definition) is 5. The Kier molecular flexibility index (Phi) is 5.39. The standard InChI is InChI=1S/C17H28N2O5S/c1-2-18(13-7-8-25(23,24)11-13)16(20)10-19-14-6-4-3-5-12(14)9-15(19)17(21)22/h12-15H,2-11H2,1H3,(H,21,22)/t12-,13+,14-,15-/m0/s1. The predicted molar refractivity (Wildman–Crippen MR) is 92.9 cm³/mol. The molecule has 1 aliphatic carbocycles. The number of likely N-dealkylation sites (tertiary alicyclic amines) is 1. The molecule has 0 bridgehead atoms. The molecule has 2 aliphatic heterocycles. The minimum absolute atomic E-state index is 0.0288. The molecule has 2 saturated heterocycles. The third-order valence-electron chi connectivity index (χ3n) is 6.13. The van der Waals surface area contributed by atoms with Crippen LogP contribution < -0.4 is 0 Å². The first-order valence-corrected chi connectivity index (χ1v) is 11.1. The lowest BCUT2D eigenvalue weighted by Crippen LogP contribution is -2.51. The second kappa shape index (κ2) is 7.23. The fourth-order valence-corrected chi connectivity index (χ4v) is 6.66. The molecule has 0 aromatic heterocycles. The fraction of sp³-hybridized carbons (Fsp3) is 0.882. The van der Waals surface area contributed by atoms with Gasteiger partial charge in [0.15, 0.2) is 9.84 Å². The minimum Gasteiger partial charge on any atom is -0.480 e. The number of nitrogens with zero attached hydrogens (tertiary/aromatic N) is 2. The zero-order valence-corrected chi connectivity index (χ0v) is 15.6. The van der Waals surface area contributed by atoms with Gasteiger partial charge in [0.05, 0.1) is 18.1 Å². The number of carboxylic acids is 1. The van der Waals surface area contributed by atoms with E-state index in [0.717, 1.165) is 25.7 Å². The fourth-order valence-electron chi connectivity index (χ4n) is 4.93. The van der Waals surface area contributed by atoms with E-state index >= 15 is 0 Å². The number of rotatable bonds is 5. The van der Waals surface area contributed by atoms with Gasteiger partial charge < -0.3 is 10.0 Å². The van der Waals surface area contributed by atoms with Crippen LogP contribution in [0.4, 0.5) is 0 Å². The quantitative estimate of drug-likeness (QED) is 0.765. The minimum atomic E-state index is -3.06. The number of hydrogen-bond donors (Lipinski definition) is 1. The highest BCUT2D eigenvalue weighted by Gasteiger charge is 2.46. The maximum Gasteiger partial charge on any atom is 0.320 e. The molecule has 3 fully saturated rings. The van der Waals surface area contributed by atoms with E-state index in [1.807, 2.05) is 11.8 Å². The average molecular weight is 372 g/mol. The SMILES string of the molecule is CCN(C(=O)CN1[C@H](C(=O)O)C[C@@H]2CCCC[C@@H]21)[C@@H]1CCS(=O)(=O)C1. The molecular formula is C17H28N2O5S. The highest BCUT2D eigenvalue weighted by molar-refractivity contribution is 7.91. The Morgan fingerprint density at radius 2 is 1.92 bits per heavy atom. The van der Waals surface area contributed by atoms with Gasteiger partial charge in [0, 0.05) is 18.6 Å². The summed E-state index contributed by atoms with van der Waals surface area (Å²) in [6, 6.07) is -0.691. The highest BCUT2D eigenvalue weighted by atomic mass is 32.2. The Morgan fingerprint density at radius 1 is 1.20 bits per heavy atom. The van der Waals surface area contributed by atoms with Crippen LogP contribution in [-0.4, -0.2) is 77.9 Å². The van der Waals surface area contributed by atoms with E-state index in [1.54, 1.807) is 4.90 Å². The first-order chi connectivity index (χ1) is 11.8. The summed E-state index contributed by atoms with van der Waals surface area (Å²) in [5.74, 6) is -0.463. The number of carbonyl (C=O) groups is 2. The van der Waals surface area contributed by atoms with Crippen molar-refractivity contribution in [2.45, 2.75) is 63.6 Å². The number of fused-ring (bicyclic) bond motifs is 1. The van der Waals surface area contributed by atoms with Gasteiger partial charge in [0.1, 0.15) is 6.04 Å². The largest absolute Gasteiger partial charge is 0.480 e. The topological polar surface area (TPSA) is 95.0 Å². The van der Waals surface area contributed by atoms with Crippen LogP contribution in [0.5, 0.6) is 0 Å². The van der Waals surface area contributed by atoms with E-state index in [1.165, 1.54) is 0 Å². The molecule has 0 aromatic rings. The van der Waals surface area contributed by atoms with Crippen LogP contribution in [-0.2, 0) is 19.4 Å². The maximum atomic E-state index is 12.9. The molecule has 1 amide bonds. The Labute approximate surface area is 149 Å². The molecule has 0 aromatic carbocycles. The lowest BCUT2D eigenvalue weighted by atomic mass is 9.85. The molecule has 0 spiro atoms. The second-order valence-electron chi connectivity index (χ2n) is 7.61. The van der Waals surface area contributed by atoms with E-state index in [-0.39, 0.29) is 36.0 Å². The van der Waals surface area contributed by atoms with Crippen molar-refractivity contribution in [3.8, 4) is 0 Å². The molecule has 2 heterocycles. The van der Waals surface area contributed by atoms with Crippen molar-refractivity contribution in [2.75, 3.05) is 24.6 Å². The third kappa shape index (κ3) is 3.84. The van der Waals surface area contributed by atoms with Gasteiger partial charge in [-0.15, -0.1) is 0 Å². The summed E-state index contributed by atoms with van der Waals surface area (Å²) in [7, 11) is -3.06. The molecule has 0 unspecified atom stereocenters.